The highest BCUT2D eigenvalue weighted by atomic mass is 28.4. The maximum absolute atomic E-state index is 6.42. The van der Waals surface area contributed by atoms with Crippen molar-refractivity contribution in [2.45, 2.75) is 96.9 Å². The Kier molecular flexibility index (Phi) is 12.4. The molecule has 148 valence electrons. The van der Waals surface area contributed by atoms with E-state index in [0.29, 0.717) is 10.5 Å². The van der Waals surface area contributed by atoms with E-state index in [9.17, 15) is 0 Å². The van der Waals surface area contributed by atoms with Gasteiger partial charge in [-0.1, -0.05) is 63.3 Å². The first-order valence-corrected chi connectivity index (χ1v) is 16.7. The molecule has 0 bridgehead atoms. The van der Waals surface area contributed by atoms with Crippen molar-refractivity contribution in [3.05, 3.63) is 24.6 Å². The van der Waals surface area contributed by atoms with Gasteiger partial charge in [0.1, 0.15) is 0 Å². The first-order chi connectivity index (χ1) is 11.7. The van der Waals surface area contributed by atoms with Crippen LogP contribution >= 0.6 is 0 Å². The molecule has 0 aromatic carbocycles. The Morgan fingerprint density at radius 1 is 0.800 bits per heavy atom. The van der Waals surface area contributed by atoms with E-state index in [2.05, 4.69) is 46.3 Å². The Hall–Kier alpha value is 0.0106. The highest BCUT2D eigenvalue weighted by Crippen LogP contribution is 2.31. The average Bonchev–Trinajstić information content (AvgIpc) is 2.56. The Morgan fingerprint density at radius 3 is 1.56 bits per heavy atom. The molecule has 0 saturated carbocycles. The molecule has 0 N–H and O–H groups in total. The van der Waals surface area contributed by atoms with Crippen molar-refractivity contribution < 1.29 is 13.3 Å². The minimum Gasteiger partial charge on any atom is -0.382 e. The summed E-state index contributed by atoms with van der Waals surface area (Å²) in [4.78, 5) is 0. The van der Waals surface area contributed by atoms with E-state index in [-0.39, 0.29) is 0 Å². The summed E-state index contributed by atoms with van der Waals surface area (Å²) in [7, 11) is -3.44. The fraction of sp³-hybridized carbons (Fsp3) is 0.789. The maximum atomic E-state index is 6.42. The van der Waals surface area contributed by atoms with Gasteiger partial charge in [-0.05, 0) is 32.6 Å². The molecule has 0 amide bonds. The van der Waals surface area contributed by atoms with Crippen LogP contribution in [0.25, 0.3) is 0 Å². The highest BCUT2D eigenvalue weighted by molar-refractivity contribution is 6.77. The van der Waals surface area contributed by atoms with Crippen molar-refractivity contribution in [2.75, 3.05) is 0 Å². The summed E-state index contributed by atoms with van der Waals surface area (Å²) in [6.45, 7) is 18.7. The first kappa shape index (κ1) is 25.0. The van der Waals surface area contributed by atoms with Gasteiger partial charge >= 0.3 is 0 Å². The van der Waals surface area contributed by atoms with Crippen LogP contribution in [0.4, 0.5) is 0 Å². The molecule has 0 aliphatic heterocycles. The molecule has 25 heavy (non-hydrogen) atoms. The first-order valence-electron chi connectivity index (χ1n) is 9.88. The molecule has 0 spiro atoms. The van der Waals surface area contributed by atoms with Gasteiger partial charge in [-0.3, -0.25) is 0 Å². The molecule has 0 heterocycles. The zero-order valence-corrected chi connectivity index (χ0v) is 21.7. The van der Waals surface area contributed by atoms with Gasteiger partial charge in [-0.25, -0.2) is 0 Å². The molecule has 0 unspecified atom stereocenters. The zero-order valence-electron chi connectivity index (χ0n) is 17.7. The molecule has 0 aromatic rings. The lowest BCUT2D eigenvalue weighted by Gasteiger charge is -2.42. The molecular weight excluding hydrogens is 360 g/mol. The minimum atomic E-state index is -2.01. The second-order valence-corrected chi connectivity index (χ2v) is 16.0. The second kappa shape index (κ2) is 12.4. The van der Waals surface area contributed by atoms with E-state index in [1.54, 1.807) is 0 Å². The molecule has 0 radical (unpaired) electrons. The van der Waals surface area contributed by atoms with Gasteiger partial charge in [0.25, 0.3) is 5.97 Å². The van der Waals surface area contributed by atoms with Crippen molar-refractivity contribution in [3.8, 4) is 0 Å². The Bertz CT molecular complexity index is 362. The van der Waals surface area contributed by atoms with Gasteiger partial charge in [0.15, 0.2) is 10.5 Å². The lowest BCUT2D eigenvalue weighted by molar-refractivity contribution is -0.266. The van der Waals surface area contributed by atoms with Gasteiger partial charge in [-0.2, -0.15) is 0 Å². The number of hydrogen-bond donors (Lipinski definition) is 0. The highest BCUT2D eigenvalue weighted by Gasteiger charge is 2.41. The van der Waals surface area contributed by atoms with Crippen molar-refractivity contribution in [3.63, 3.8) is 0 Å². The van der Waals surface area contributed by atoms with Gasteiger partial charge in [0.2, 0.25) is 16.6 Å². The van der Waals surface area contributed by atoms with E-state index >= 15 is 0 Å². The number of unbranched alkanes of at least 4 members (excludes halogenated alkanes) is 7. The zero-order chi connectivity index (χ0) is 19.4. The molecule has 0 fully saturated rings. The lowest BCUT2D eigenvalue weighted by Crippen LogP contribution is -2.52. The predicted octanol–water partition coefficient (Wildman–Crippen LogP) is 5.36. The molecule has 0 aromatic heterocycles. The van der Waals surface area contributed by atoms with E-state index in [0.717, 1.165) is 12.8 Å². The van der Waals surface area contributed by atoms with Gasteiger partial charge in [-0.15, -0.1) is 13.2 Å². The monoisotopic (exact) mass is 402 g/mol. The number of hydrogen-bond acceptors (Lipinski definition) is 3. The Labute approximate surface area is 162 Å². The molecule has 0 saturated heterocycles. The molecule has 0 aliphatic rings. The SMILES string of the molecule is C=C[Si](C)(C)OC(CCCCCCCCCC)(O[SiH3])O[Si](C)(C)C=C. The third-order valence-corrected chi connectivity index (χ3v) is 8.73. The quantitative estimate of drug-likeness (QED) is 0.197. The van der Waals surface area contributed by atoms with Gasteiger partial charge in [0, 0.05) is 6.42 Å². The van der Waals surface area contributed by atoms with Gasteiger partial charge in [0.05, 0.1) is 0 Å². The maximum Gasteiger partial charge on any atom is 0.254 e. The van der Waals surface area contributed by atoms with Crippen LogP contribution in [0.1, 0.15) is 64.7 Å². The van der Waals surface area contributed by atoms with Crippen molar-refractivity contribution >= 4 is 27.1 Å². The van der Waals surface area contributed by atoms with Crippen LogP contribution in [0.3, 0.4) is 0 Å². The van der Waals surface area contributed by atoms with Crippen LogP contribution in [-0.4, -0.2) is 33.1 Å². The summed E-state index contributed by atoms with van der Waals surface area (Å²) in [5, 5.41) is 0. The number of rotatable bonds is 16. The summed E-state index contributed by atoms with van der Waals surface area (Å²) in [6, 6.07) is 0. The van der Waals surface area contributed by atoms with E-state index in [4.69, 9.17) is 13.3 Å². The summed E-state index contributed by atoms with van der Waals surface area (Å²) in [5.74, 6) is -0.901. The van der Waals surface area contributed by atoms with Crippen LogP contribution in [-0.2, 0) is 13.3 Å². The van der Waals surface area contributed by atoms with Crippen LogP contribution in [0, 0.1) is 0 Å². The molecule has 3 nitrogen and oxygen atoms in total. The summed E-state index contributed by atoms with van der Waals surface area (Å²) < 4.78 is 18.8. The smallest absolute Gasteiger partial charge is 0.254 e. The standard InChI is InChI=1S/C19H42O3Si3/c1-8-11-12-13-14-15-16-17-18-19(20-23,21-24(4,5)9-2)22-25(6,7)10-3/h9-10H,2-3,8,11-18H2,1,4-7,23H3. The van der Waals surface area contributed by atoms with E-state index in [1.807, 2.05) is 11.4 Å². The molecule has 6 heteroatoms. The fourth-order valence-electron chi connectivity index (χ4n) is 2.67. The fourth-order valence-corrected chi connectivity index (χ4v) is 5.68. The van der Waals surface area contributed by atoms with Crippen LogP contribution in [0.2, 0.25) is 26.2 Å². The van der Waals surface area contributed by atoms with Crippen molar-refractivity contribution in [1.82, 2.24) is 0 Å². The molecule has 0 rings (SSSR count). The normalized spacial score (nSPS) is 13.2. The second-order valence-electron chi connectivity index (χ2n) is 7.93. The van der Waals surface area contributed by atoms with Crippen LogP contribution < -0.4 is 0 Å². The van der Waals surface area contributed by atoms with Crippen LogP contribution in [0.15, 0.2) is 24.6 Å². The molecular formula is C19H42O3Si3. The third kappa shape index (κ3) is 11.4. The topological polar surface area (TPSA) is 27.7 Å². The van der Waals surface area contributed by atoms with Gasteiger partial charge < -0.3 is 13.3 Å². The van der Waals surface area contributed by atoms with E-state index < -0.39 is 22.6 Å². The summed E-state index contributed by atoms with van der Waals surface area (Å²) in [6.07, 6.45) is 11.1. The van der Waals surface area contributed by atoms with E-state index in [1.165, 1.54) is 44.9 Å². The summed E-state index contributed by atoms with van der Waals surface area (Å²) >= 11 is 0. The predicted molar refractivity (Wildman–Crippen MR) is 119 cm³/mol. The molecule has 0 atom stereocenters. The summed E-state index contributed by atoms with van der Waals surface area (Å²) in [5.41, 5.74) is 3.89. The molecule has 0 aliphatic carbocycles. The largest absolute Gasteiger partial charge is 0.382 e. The Balaban J connectivity index is 4.67. The average molecular weight is 403 g/mol. The van der Waals surface area contributed by atoms with Crippen molar-refractivity contribution in [1.29, 1.82) is 0 Å². The van der Waals surface area contributed by atoms with Crippen LogP contribution in [0.5, 0.6) is 0 Å². The third-order valence-electron chi connectivity index (χ3n) is 4.47. The minimum absolute atomic E-state index is 0.585. The Morgan fingerprint density at radius 2 is 1.20 bits per heavy atom. The van der Waals surface area contributed by atoms with Crippen molar-refractivity contribution in [2.24, 2.45) is 0 Å². The lowest BCUT2D eigenvalue weighted by atomic mass is 10.1.